The average molecular weight is 228 g/mol. The second-order valence-electron chi connectivity index (χ2n) is 3.53. The van der Waals surface area contributed by atoms with Crippen LogP contribution in [-0.4, -0.2) is 36.0 Å². The van der Waals surface area contributed by atoms with E-state index < -0.39 is 12.0 Å². The molecule has 90 valence electrons. The number of nitrogens with one attached hydrogen (secondary N) is 1. The predicted molar refractivity (Wildman–Crippen MR) is 56.1 cm³/mol. The van der Waals surface area contributed by atoms with E-state index >= 15 is 0 Å². The fourth-order valence-corrected chi connectivity index (χ4v) is 1.36. The monoisotopic (exact) mass is 228 g/mol. The number of carboxylic acid groups (broad SMARTS) is 1. The Kier molecular flexibility index (Phi) is 4.45. The topological polar surface area (TPSA) is 84.6 Å². The molecule has 1 rings (SSSR count). The van der Waals surface area contributed by atoms with E-state index in [-0.39, 0.29) is 6.61 Å². The first kappa shape index (κ1) is 12.7. The van der Waals surface area contributed by atoms with E-state index in [4.69, 9.17) is 14.4 Å². The van der Waals surface area contributed by atoms with Crippen LogP contribution in [0.3, 0.4) is 0 Å². The van der Waals surface area contributed by atoms with E-state index in [1.165, 1.54) is 7.11 Å². The van der Waals surface area contributed by atoms with Crippen molar-refractivity contribution in [1.82, 2.24) is 10.5 Å². The number of nitrogens with zero attached hydrogens (tertiary/aromatic N) is 1. The summed E-state index contributed by atoms with van der Waals surface area (Å²) < 4.78 is 9.79. The quantitative estimate of drug-likeness (QED) is 0.736. The van der Waals surface area contributed by atoms with Crippen molar-refractivity contribution in [3.8, 4) is 0 Å². The lowest BCUT2D eigenvalue weighted by Gasteiger charge is -2.12. The fourth-order valence-electron chi connectivity index (χ4n) is 1.36. The Balaban J connectivity index is 2.58. The summed E-state index contributed by atoms with van der Waals surface area (Å²) in [6, 6.07) is -0.723. The molecule has 6 heteroatoms. The zero-order chi connectivity index (χ0) is 12.1. The molecule has 2 N–H and O–H groups in total. The van der Waals surface area contributed by atoms with Crippen LogP contribution >= 0.6 is 0 Å². The molecule has 0 fully saturated rings. The number of hydrogen-bond acceptors (Lipinski definition) is 5. The number of ether oxygens (including phenoxy) is 1. The number of carbonyl (C=O) groups is 1. The van der Waals surface area contributed by atoms with Crippen LogP contribution in [-0.2, 0) is 16.1 Å². The third kappa shape index (κ3) is 3.04. The third-order valence-corrected chi connectivity index (χ3v) is 2.34. The number of aromatic nitrogens is 1. The van der Waals surface area contributed by atoms with E-state index in [1.54, 1.807) is 6.92 Å². The number of rotatable bonds is 6. The van der Waals surface area contributed by atoms with Gasteiger partial charge in [0.2, 0.25) is 0 Å². The van der Waals surface area contributed by atoms with Crippen LogP contribution in [0, 0.1) is 13.8 Å². The van der Waals surface area contributed by atoms with Gasteiger partial charge in [-0.05, 0) is 13.8 Å². The molecule has 0 radical (unpaired) electrons. The summed E-state index contributed by atoms with van der Waals surface area (Å²) in [7, 11) is 1.47. The van der Waals surface area contributed by atoms with Crippen molar-refractivity contribution < 1.29 is 19.2 Å². The van der Waals surface area contributed by atoms with Crippen molar-refractivity contribution in [3.63, 3.8) is 0 Å². The molecule has 0 amide bonds. The fraction of sp³-hybridized carbons (Fsp3) is 0.600. The zero-order valence-electron chi connectivity index (χ0n) is 9.61. The average Bonchev–Trinajstić information content (AvgIpc) is 2.54. The standard InChI is InChI=1S/C10H16N2O4/c1-6-8(7(2)16-12-6)4-11-9(5-15-3)10(13)14/h9,11H,4-5H2,1-3H3,(H,13,14). The number of aliphatic carboxylic acids is 1. The van der Waals surface area contributed by atoms with Crippen LogP contribution < -0.4 is 5.32 Å². The first-order valence-electron chi connectivity index (χ1n) is 4.93. The summed E-state index contributed by atoms with van der Waals surface area (Å²) in [6.07, 6.45) is 0. The van der Waals surface area contributed by atoms with Crippen molar-refractivity contribution in [2.24, 2.45) is 0 Å². The molecule has 1 heterocycles. The Hall–Kier alpha value is -1.40. The molecule has 6 nitrogen and oxygen atoms in total. The lowest BCUT2D eigenvalue weighted by molar-refractivity contribution is -0.140. The van der Waals surface area contributed by atoms with Crippen LogP contribution in [0.5, 0.6) is 0 Å². The number of hydrogen-bond donors (Lipinski definition) is 2. The number of aryl methyl sites for hydroxylation is 2. The van der Waals surface area contributed by atoms with Crippen LogP contribution in [0.2, 0.25) is 0 Å². The number of carboxylic acids is 1. The molecule has 0 aliphatic rings. The molecule has 1 aromatic heterocycles. The highest BCUT2D eigenvalue weighted by atomic mass is 16.5. The van der Waals surface area contributed by atoms with Crippen LogP contribution in [0.1, 0.15) is 17.0 Å². The van der Waals surface area contributed by atoms with Gasteiger partial charge in [0.15, 0.2) is 0 Å². The highest BCUT2D eigenvalue weighted by Gasteiger charge is 2.18. The summed E-state index contributed by atoms with van der Waals surface area (Å²) in [5.74, 6) is -0.236. The summed E-state index contributed by atoms with van der Waals surface area (Å²) in [6.45, 7) is 4.14. The SMILES string of the molecule is COCC(NCc1c(C)noc1C)C(=O)O. The van der Waals surface area contributed by atoms with Gasteiger partial charge >= 0.3 is 5.97 Å². The van der Waals surface area contributed by atoms with Gasteiger partial charge in [0, 0.05) is 19.2 Å². The van der Waals surface area contributed by atoms with Gasteiger partial charge in [0.25, 0.3) is 0 Å². The molecule has 16 heavy (non-hydrogen) atoms. The van der Waals surface area contributed by atoms with Gasteiger partial charge in [0.05, 0.1) is 12.3 Å². The lowest BCUT2D eigenvalue weighted by atomic mass is 10.2. The summed E-state index contributed by atoms with van der Waals surface area (Å²) in [4.78, 5) is 10.8. The minimum absolute atomic E-state index is 0.124. The molecule has 0 aromatic carbocycles. The molecule has 0 saturated carbocycles. The Morgan fingerprint density at radius 3 is 2.75 bits per heavy atom. The smallest absolute Gasteiger partial charge is 0.323 e. The second kappa shape index (κ2) is 5.62. The van der Waals surface area contributed by atoms with Gasteiger partial charge in [-0.2, -0.15) is 0 Å². The van der Waals surface area contributed by atoms with Crippen LogP contribution in [0.15, 0.2) is 4.52 Å². The molecule has 0 bridgehead atoms. The maximum atomic E-state index is 10.8. The Labute approximate surface area is 93.6 Å². The molecule has 0 spiro atoms. The summed E-state index contributed by atoms with van der Waals surface area (Å²) in [5.41, 5.74) is 1.66. The summed E-state index contributed by atoms with van der Waals surface area (Å²) in [5, 5.41) is 15.6. The molecule has 0 aliphatic carbocycles. The van der Waals surface area contributed by atoms with Gasteiger partial charge < -0.3 is 14.4 Å². The Morgan fingerprint density at radius 1 is 1.62 bits per heavy atom. The van der Waals surface area contributed by atoms with E-state index in [2.05, 4.69) is 10.5 Å². The maximum Gasteiger partial charge on any atom is 0.323 e. The minimum Gasteiger partial charge on any atom is -0.480 e. The van der Waals surface area contributed by atoms with Gasteiger partial charge in [-0.3, -0.25) is 10.1 Å². The van der Waals surface area contributed by atoms with Crippen molar-refractivity contribution in [2.75, 3.05) is 13.7 Å². The third-order valence-electron chi connectivity index (χ3n) is 2.34. The van der Waals surface area contributed by atoms with Crippen molar-refractivity contribution in [1.29, 1.82) is 0 Å². The largest absolute Gasteiger partial charge is 0.480 e. The zero-order valence-corrected chi connectivity index (χ0v) is 9.61. The van der Waals surface area contributed by atoms with Crippen molar-refractivity contribution >= 4 is 5.97 Å². The van der Waals surface area contributed by atoms with Crippen LogP contribution in [0.25, 0.3) is 0 Å². The molecule has 1 unspecified atom stereocenters. The predicted octanol–water partition coefficient (Wildman–Crippen LogP) is 0.481. The maximum absolute atomic E-state index is 10.8. The first-order chi connectivity index (χ1) is 7.56. The molecule has 1 aromatic rings. The summed E-state index contributed by atoms with van der Waals surface area (Å²) >= 11 is 0. The highest BCUT2D eigenvalue weighted by molar-refractivity contribution is 5.73. The highest BCUT2D eigenvalue weighted by Crippen LogP contribution is 2.11. The van der Waals surface area contributed by atoms with E-state index in [0.29, 0.717) is 12.3 Å². The van der Waals surface area contributed by atoms with Crippen molar-refractivity contribution in [3.05, 3.63) is 17.0 Å². The number of methoxy groups -OCH3 is 1. The van der Waals surface area contributed by atoms with Gasteiger partial charge in [-0.15, -0.1) is 0 Å². The Morgan fingerprint density at radius 2 is 2.31 bits per heavy atom. The van der Waals surface area contributed by atoms with E-state index in [9.17, 15) is 4.79 Å². The molecular formula is C10H16N2O4. The molecule has 0 saturated heterocycles. The Bertz CT molecular complexity index is 342. The van der Waals surface area contributed by atoms with E-state index in [0.717, 1.165) is 11.3 Å². The van der Waals surface area contributed by atoms with E-state index in [1.807, 2.05) is 6.92 Å². The van der Waals surface area contributed by atoms with Gasteiger partial charge in [-0.25, -0.2) is 0 Å². The first-order valence-corrected chi connectivity index (χ1v) is 4.93. The molecule has 0 aliphatic heterocycles. The van der Waals surface area contributed by atoms with Gasteiger partial charge in [0.1, 0.15) is 11.8 Å². The molecule has 1 atom stereocenters. The normalized spacial score (nSPS) is 12.7. The molecular weight excluding hydrogens is 212 g/mol. The van der Waals surface area contributed by atoms with Crippen molar-refractivity contribution in [2.45, 2.75) is 26.4 Å². The second-order valence-corrected chi connectivity index (χ2v) is 3.53. The van der Waals surface area contributed by atoms with Crippen LogP contribution in [0.4, 0.5) is 0 Å². The van der Waals surface area contributed by atoms with Gasteiger partial charge in [-0.1, -0.05) is 5.16 Å². The minimum atomic E-state index is -0.936. The lowest BCUT2D eigenvalue weighted by Crippen LogP contribution is -2.40.